The van der Waals surface area contributed by atoms with E-state index < -0.39 is 11.7 Å². The maximum Gasteiger partial charge on any atom is 0.416 e. The molecule has 5 heteroatoms. The first-order valence-electron chi connectivity index (χ1n) is 4.65. The quantitative estimate of drug-likeness (QED) is 0.717. The third-order valence-corrected chi connectivity index (χ3v) is 2.50. The average Bonchev–Trinajstić information content (AvgIpc) is 2.16. The normalized spacial score (nSPS) is 15.9. The number of nitrogens with zero attached hydrogens (tertiary/aromatic N) is 1. The first-order valence-corrected chi connectivity index (χ1v) is 4.65. The third kappa shape index (κ3) is 1.86. The first kappa shape index (κ1) is 10.1. The number of alkyl halides is 3. The maximum absolute atomic E-state index is 12.4. The molecule has 0 saturated heterocycles. The molecule has 1 N–H and O–H groups in total. The van der Waals surface area contributed by atoms with Crippen LogP contribution >= 0.6 is 0 Å². The molecule has 2 rings (SSSR count). The van der Waals surface area contributed by atoms with Gasteiger partial charge in [-0.05, 0) is 18.2 Å². The highest BCUT2D eigenvalue weighted by Crippen LogP contribution is 2.36. The molecule has 1 aliphatic heterocycles. The van der Waals surface area contributed by atoms with Crippen LogP contribution in [0, 0.1) is 0 Å². The van der Waals surface area contributed by atoms with Crippen LogP contribution in [-0.2, 0) is 6.18 Å². The van der Waals surface area contributed by atoms with Gasteiger partial charge in [-0.3, -0.25) is 0 Å². The molecule has 1 aliphatic rings. The fraction of sp³-hybridized carbons (Fsp3) is 0.400. The number of rotatable bonds is 0. The van der Waals surface area contributed by atoms with Crippen molar-refractivity contribution >= 4 is 11.4 Å². The summed E-state index contributed by atoms with van der Waals surface area (Å²) in [7, 11) is 1.79. The summed E-state index contributed by atoms with van der Waals surface area (Å²) >= 11 is 0. The van der Waals surface area contributed by atoms with Crippen LogP contribution in [0.3, 0.4) is 0 Å². The van der Waals surface area contributed by atoms with E-state index in [2.05, 4.69) is 5.32 Å². The molecule has 15 heavy (non-hydrogen) atoms. The van der Waals surface area contributed by atoms with Crippen LogP contribution in [0.4, 0.5) is 24.5 Å². The van der Waals surface area contributed by atoms with Crippen LogP contribution in [0.25, 0.3) is 0 Å². The number of fused-ring (bicyclic) bond motifs is 1. The van der Waals surface area contributed by atoms with Crippen LogP contribution in [0.2, 0.25) is 0 Å². The van der Waals surface area contributed by atoms with Crippen molar-refractivity contribution in [2.75, 3.05) is 30.4 Å². The summed E-state index contributed by atoms with van der Waals surface area (Å²) in [4.78, 5) is 1.82. The van der Waals surface area contributed by atoms with E-state index in [9.17, 15) is 13.2 Å². The van der Waals surface area contributed by atoms with Crippen molar-refractivity contribution in [3.05, 3.63) is 23.8 Å². The summed E-state index contributed by atoms with van der Waals surface area (Å²) in [5.41, 5.74) is 0.768. The number of hydrogen-bond donors (Lipinski definition) is 1. The van der Waals surface area contributed by atoms with Crippen molar-refractivity contribution in [2.45, 2.75) is 6.18 Å². The van der Waals surface area contributed by atoms with Crippen LogP contribution in [-0.4, -0.2) is 20.1 Å². The van der Waals surface area contributed by atoms with Crippen LogP contribution in [0.1, 0.15) is 5.56 Å². The molecule has 2 nitrogen and oxygen atoms in total. The van der Waals surface area contributed by atoms with Gasteiger partial charge in [-0.15, -0.1) is 0 Å². The maximum atomic E-state index is 12.4. The Labute approximate surface area is 85.7 Å². The molecule has 1 heterocycles. The van der Waals surface area contributed by atoms with Crippen LogP contribution in [0.15, 0.2) is 18.2 Å². The molecule has 82 valence electrons. The Hall–Kier alpha value is -1.39. The summed E-state index contributed by atoms with van der Waals surface area (Å²) in [6.45, 7) is 1.48. The number of nitrogens with one attached hydrogen (secondary N) is 1. The Balaban J connectivity index is 2.44. The lowest BCUT2D eigenvalue weighted by Crippen LogP contribution is -2.30. The van der Waals surface area contributed by atoms with E-state index in [4.69, 9.17) is 0 Å². The number of halogens is 3. The second kappa shape index (κ2) is 3.32. The van der Waals surface area contributed by atoms with Gasteiger partial charge in [-0.2, -0.15) is 13.2 Å². The Morgan fingerprint density at radius 3 is 2.73 bits per heavy atom. The largest absolute Gasteiger partial charge is 0.416 e. The minimum atomic E-state index is -4.27. The van der Waals surface area contributed by atoms with E-state index in [1.807, 2.05) is 4.90 Å². The van der Waals surface area contributed by atoms with Crippen molar-refractivity contribution in [2.24, 2.45) is 0 Å². The highest BCUT2D eigenvalue weighted by atomic mass is 19.4. The van der Waals surface area contributed by atoms with Gasteiger partial charge < -0.3 is 10.2 Å². The van der Waals surface area contributed by atoms with Crippen molar-refractivity contribution in [3.8, 4) is 0 Å². The molecule has 0 amide bonds. The highest BCUT2D eigenvalue weighted by Gasteiger charge is 2.31. The molecule has 0 bridgehead atoms. The van der Waals surface area contributed by atoms with Gasteiger partial charge in [0.25, 0.3) is 0 Å². The first-order chi connectivity index (χ1) is 6.98. The predicted molar refractivity (Wildman–Crippen MR) is 53.2 cm³/mol. The number of benzene rings is 1. The van der Waals surface area contributed by atoms with E-state index in [0.29, 0.717) is 12.2 Å². The number of anilines is 2. The molecule has 1 aromatic carbocycles. The fourth-order valence-corrected chi connectivity index (χ4v) is 1.65. The zero-order valence-corrected chi connectivity index (χ0v) is 8.23. The molecule has 0 fully saturated rings. The van der Waals surface area contributed by atoms with Crippen LogP contribution < -0.4 is 10.2 Å². The van der Waals surface area contributed by atoms with Gasteiger partial charge in [-0.25, -0.2) is 0 Å². The van der Waals surface area contributed by atoms with Gasteiger partial charge in [0.15, 0.2) is 0 Å². The summed E-state index contributed by atoms with van der Waals surface area (Å²) < 4.78 is 37.3. The topological polar surface area (TPSA) is 15.3 Å². The standard InChI is InChI=1S/C10H11F3N2/c1-15-5-4-14-8-3-2-7(6-9(8)15)10(11,12)13/h2-3,6,14H,4-5H2,1H3. The van der Waals surface area contributed by atoms with E-state index >= 15 is 0 Å². The molecule has 0 aliphatic carbocycles. The lowest BCUT2D eigenvalue weighted by Gasteiger charge is -2.29. The summed E-state index contributed by atoms with van der Waals surface area (Å²) in [5.74, 6) is 0. The van der Waals surface area contributed by atoms with E-state index in [0.717, 1.165) is 18.3 Å². The molecule has 0 saturated carbocycles. The van der Waals surface area contributed by atoms with Crippen molar-refractivity contribution < 1.29 is 13.2 Å². The second-order valence-corrected chi connectivity index (χ2v) is 3.58. The molecule has 0 unspecified atom stereocenters. The van der Waals surface area contributed by atoms with E-state index in [1.165, 1.54) is 12.1 Å². The molecular formula is C10H11F3N2. The van der Waals surface area contributed by atoms with Crippen LogP contribution in [0.5, 0.6) is 0 Å². The smallest absolute Gasteiger partial charge is 0.382 e. The van der Waals surface area contributed by atoms with Gasteiger partial charge >= 0.3 is 6.18 Å². The minimum Gasteiger partial charge on any atom is -0.382 e. The SMILES string of the molecule is CN1CCNc2ccc(C(F)(F)F)cc21. The van der Waals surface area contributed by atoms with Gasteiger partial charge in [0.1, 0.15) is 0 Å². The third-order valence-electron chi connectivity index (χ3n) is 2.50. The van der Waals surface area contributed by atoms with E-state index in [-0.39, 0.29) is 0 Å². The monoisotopic (exact) mass is 216 g/mol. The minimum absolute atomic E-state index is 0.600. The van der Waals surface area contributed by atoms with E-state index in [1.54, 1.807) is 7.05 Å². The lowest BCUT2D eigenvalue weighted by atomic mass is 10.1. The lowest BCUT2D eigenvalue weighted by molar-refractivity contribution is -0.137. The summed E-state index contributed by atoms with van der Waals surface area (Å²) in [6.07, 6.45) is -4.27. The summed E-state index contributed by atoms with van der Waals surface area (Å²) in [5, 5.41) is 3.06. The zero-order chi connectivity index (χ0) is 11.1. The Morgan fingerprint density at radius 2 is 2.07 bits per heavy atom. The molecule has 0 atom stereocenters. The van der Waals surface area contributed by atoms with Gasteiger partial charge in [-0.1, -0.05) is 0 Å². The molecule has 0 spiro atoms. The summed E-state index contributed by atoms with van der Waals surface area (Å²) in [6, 6.07) is 3.76. The molecule has 1 aromatic rings. The zero-order valence-electron chi connectivity index (χ0n) is 8.23. The van der Waals surface area contributed by atoms with Crippen molar-refractivity contribution in [3.63, 3.8) is 0 Å². The molecular weight excluding hydrogens is 205 g/mol. The second-order valence-electron chi connectivity index (χ2n) is 3.58. The van der Waals surface area contributed by atoms with Gasteiger partial charge in [0.2, 0.25) is 0 Å². The molecule has 0 aromatic heterocycles. The highest BCUT2D eigenvalue weighted by molar-refractivity contribution is 5.72. The average molecular weight is 216 g/mol. The predicted octanol–water partition coefficient (Wildman–Crippen LogP) is 2.57. The van der Waals surface area contributed by atoms with Crippen molar-refractivity contribution in [1.29, 1.82) is 0 Å². The number of likely N-dealkylation sites (N-methyl/N-ethyl adjacent to an activating group) is 1. The fourth-order valence-electron chi connectivity index (χ4n) is 1.65. The van der Waals surface area contributed by atoms with Gasteiger partial charge in [0, 0.05) is 20.1 Å². The Kier molecular flexibility index (Phi) is 2.25. The number of hydrogen-bond acceptors (Lipinski definition) is 2. The molecule has 0 radical (unpaired) electrons. The van der Waals surface area contributed by atoms with Gasteiger partial charge in [0.05, 0.1) is 16.9 Å². The van der Waals surface area contributed by atoms with Crippen molar-refractivity contribution in [1.82, 2.24) is 0 Å². The Morgan fingerprint density at radius 1 is 1.33 bits per heavy atom. The Bertz CT molecular complexity index is 373.